The maximum Gasteiger partial charge on any atom is 0.417 e. The number of benzene rings is 1. The number of nitrogens with zero attached hydrogens (tertiary/aromatic N) is 3. The van der Waals surface area contributed by atoms with Gasteiger partial charge in [0.1, 0.15) is 17.2 Å². The monoisotopic (exact) mass is 524 g/mol. The fourth-order valence-electron chi connectivity index (χ4n) is 4.59. The molecule has 0 aliphatic rings. The van der Waals surface area contributed by atoms with E-state index >= 15 is 0 Å². The van der Waals surface area contributed by atoms with Gasteiger partial charge < -0.3 is 5.32 Å². The molecule has 0 saturated heterocycles. The molecule has 8 heteroatoms. The van der Waals surface area contributed by atoms with Gasteiger partial charge in [-0.05, 0) is 61.9 Å². The van der Waals surface area contributed by atoms with Gasteiger partial charge in [-0.2, -0.15) is 13.2 Å². The summed E-state index contributed by atoms with van der Waals surface area (Å²) >= 11 is 6.33. The highest BCUT2D eigenvalue weighted by Crippen LogP contribution is 2.39. The zero-order valence-electron chi connectivity index (χ0n) is 21.3. The summed E-state index contributed by atoms with van der Waals surface area (Å²) in [6.07, 6.45) is -1.08. The topological polar surface area (TPSA) is 42.2 Å². The van der Waals surface area contributed by atoms with Gasteiger partial charge in [-0.15, -0.1) is 0 Å². The molecule has 0 fully saturated rings. The standard InChI is InChI=1S/C29H28ClF3N4/c1-27(2,3)18-28(4,5)36-26-24(35-25-23(30)16-21(17-37(25)26)29(31,32)33)20-10-8-9-19(15-20)12-13-22-11-6-7-14-34-22/h6-11,14-17,36H,18H2,1-5H3. The summed E-state index contributed by atoms with van der Waals surface area (Å²) in [5.41, 5.74) is 1.47. The lowest BCUT2D eigenvalue weighted by Gasteiger charge is -2.34. The van der Waals surface area contributed by atoms with Crippen molar-refractivity contribution in [3.8, 4) is 23.1 Å². The average molecular weight is 525 g/mol. The lowest BCUT2D eigenvalue weighted by Crippen LogP contribution is -2.36. The molecule has 4 rings (SSSR count). The second kappa shape index (κ2) is 9.75. The predicted octanol–water partition coefficient (Wildman–Crippen LogP) is 8.10. The van der Waals surface area contributed by atoms with Gasteiger partial charge in [0.15, 0.2) is 5.65 Å². The van der Waals surface area contributed by atoms with Crippen molar-refractivity contribution < 1.29 is 13.2 Å². The third-order valence-corrected chi connectivity index (χ3v) is 5.85. The highest BCUT2D eigenvalue weighted by atomic mass is 35.5. The molecule has 0 bridgehead atoms. The van der Waals surface area contributed by atoms with E-state index in [1.54, 1.807) is 6.20 Å². The molecule has 4 aromatic rings. The lowest BCUT2D eigenvalue weighted by atomic mass is 9.82. The first-order chi connectivity index (χ1) is 17.2. The van der Waals surface area contributed by atoms with E-state index in [0.717, 1.165) is 24.2 Å². The van der Waals surface area contributed by atoms with Gasteiger partial charge in [-0.1, -0.05) is 56.5 Å². The number of pyridine rings is 2. The molecule has 0 saturated carbocycles. The van der Waals surface area contributed by atoms with Crippen LogP contribution in [0.5, 0.6) is 0 Å². The Morgan fingerprint density at radius 3 is 2.38 bits per heavy atom. The van der Waals surface area contributed by atoms with E-state index in [2.05, 4.69) is 47.9 Å². The first kappa shape index (κ1) is 26.6. The minimum absolute atomic E-state index is 0.0209. The summed E-state index contributed by atoms with van der Waals surface area (Å²) in [4.78, 5) is 8.90. The fraction of sp³-hybridized carbons (Fsp3) is 0.310. The van der Waals surface area contributed by atoms with Crippen molar-refractivity contribution in [2.24, 2.45) is 5.41 Å². The molecule has 1 aromatic carbocycles. The van der Waals surface area contributed by atoms with E-state index in [4.69, 9.17) is 11.6 Å². The number of aromatic nitrogens is 3. The van der Waals surface area contributed by atoms with Crippen LogP contribution >= 0.6 is 11.6 Å². The first-order valence-corrected chi connectivity index (χ1v) is 12.2. The van der Waals surface area contributed by atoms with Crippen LogP contribution in [0.1, 0.15) is 57.9 Å². The molecule has 0 aliphatic heterocycles. The Bertz CT molecular complexity index is 1490. The number of hydrogen-bond acceptors (Lipinski definition) is 3. The summed E-state index contributed by atoms with van der Waals surface area (Å²) in [5, 5.41) is 3.40. The molecular weight excluding hydrogens is 497 g/mol. The Labute approximate surface area is 219 Å². The Morgan fingerprint density at radius 1 is 0.973 bits per heavy atom. The van der Waals surface area contributed by atoms with E-state index in [0.29, 0.717) is 22.8 Å². The van der Waals surface area contributed by atoms with Crippen LogP contribution in [-0.2, 0) is 6.18 Å². The second-order valence-electron chi connectivity index (χ2n) is 10.9. The molecule has 0 aliphatic carbocycles. The molecule has 3 aromatic heterocycles. The maximum absolute atomic E-state index is 13.7. The van der Waals surface area contributed by atoms with Crippen molar-refractivity contribution in [2.75, 3.05) is 5.32 Å². The van der Waals surface area contributed by atoms with Gasteiger partial charge in [-0.3, -0.25) is 4.40 Å². The number of fused-ring (bicyclic) bond motifs is 1. The van der Waals surface area contributed by atoms with Crippen LogP contribution in [0.4, 0.5) is 19.0 Å². The van der Waals surface area contributed by atoms with Gasteiger partial charge in [0.05, 0.1) is 10.6 Å². The molecule has 0 spiro atoms. The Kier molecular flexibility index (Phi) is 7.00. The molecule has 0 unspecified atom stereocenters. The number of alkyl halides is 3. The van der Waals surface area contributed by atoms with E-state index in [1.165, 1.54) is 4.40 Å². The fourth-order valence-corrected chi connectivity index (χ4v) is 4.84. The van der Waals surface area contributed by atoms with Gasteiger partial charge in [0.2, 0.25) is 0 Å². The van der Waals surface area contributed by atoms with E-state index in [-0.39, 0.29) is 16.1 Å². The number of imidazole rings is 1. The van der Waals surface area contributed by atoms with Crippen molar-refractivity contribution in [2.45, 2.75) is 52.8 Å². The first-order valence-electron chi connectivity index (χ1n) is 11.8. The Hall–Kier alpha value is -3.50. The lowest BCUT2D eigenvalue weighted by molar-refractivity contribution is -0.137. The van der Waals surface area contributed by atoms with Crippen LogP contribution in [0.3, 0.4) is 0 Å². The van der Waals surface area contributed by atoms with E-state index in [1.807, 2.05) is 56.3 Å². The number of hydrogen-bond donors (Lipinski definition) is 1. The Balaban J connectivity index is 1.88. The number of nitrogens with one attached hydrogen (secondary N) is 1. The highest BCUT2D eigenvalue weighted by molar-refractivity contribution is 6.33. The summed E-state index contributed by atoms with van der Waals surface area (Å²) in [7, 11) is 0. The second-order valence-corrected chi connectivity index (χ2v) is 11.3. The molecule has 37 heavy (non-hydrogen) atoms. The molecule has 0 amide bonds. The SMILES string of the molecule is CC(C)(C)CC(C)(C)Nc1c(-c2cccc(C#Cc3ccccn3)c2)nc2c(Cl)cc(C(F)(F)F)cn12. The molecular formula is C29H28ClF3N4. The summed E-state index contributed by atoms with van der Waals surface area (Å²) in [5.74, 6) is 6.57. The number of halogens is 4. The van der Waals surface area contributed by atoms with Crippen LogP contribution < -0.4 is 5.32 Å². The van der Waals surface area contributed by atoms with Crippen molar-refractivity contribution in [1.29, 1.82) is 0 Å². The molecule has 192 valence electrons. The molecule has 3 heterocycles. The van der Waals surface area contributed by atoms with Crippen molar-refractivity contribution in [3.63, 3.8) is 0 Å². The largest absolute Gasteiger partial charge is 0.417 e. The van der Waals surface area contributed by atoms with E-state index < -0.39 is 17.3 Å². The third kappa shape index (κ3) is 6.44. The number of anilines is 1. The Morgan fingerprint density at radius 2 is 1.73 bits per heavy atom. The van der Waals surface area contributed by atoms with Crippen LogP contribution in [-0.4, -0.2) is 19.9 Å². The highest BCUT2D eigenvalue weighted by Gasteiger charge is 2.34. The minimum Gasteiger partial charge on any atom is -0.364 e. The number of rotatable bonds is 4. The molecule has 4 nitrogen and oxygen atoms in total. The normalized spacial score (nSPS) is 12.4. The van der Waals surface area contributed by atoms with E-state index in [9.17, 15) is 13.2 Å². The van der Waals surface area contributed by atoms with Gasteiger partial charge in [0.25, 0.3) is 0 Å². The zero-order chi connectivity index (χ0) is 27.0. The molecule has 0 atom stereocenters. The third-order valence-electron chi connectivity index (χ3n) is 5.57. The minimum atomic E-state index is -4.55. The van der Waals surface area contributed by atoms with Crippen molar-refractivity contribution in [3.05, 3.63) is 82.8 Å². The predicted molar refractivity (Wildman–Crippen MR) is 143 cm³/mol. The van der Waals surface area contributed by atoms with Crippen LogP contribution in [0.15, 0.2) is 60.9 Å². The smallest absolute Gasteiger partial charge is 0.364 e. The zero-order valence-corrected chi connectivity index (χ0v) is 22.1. The summed E-state index contributed by atoms with van der Waals surface area (Å²) in [6, 6.07) is 13.8. The maximum atomic E-state index is 13.7. The van der Waals surface area contributed by atoms with Crippen LogP contribution in [0, 0.1) is 17.3 Å². The van der Waals surface area contributed by atoms with Gasteiger partial charge >= 0.3 is 6.18 Å². The van der Waals surface area contributed by atoms with Crippen molar-refractivity contribution in [1.82, 2.24) is 14.4 Å². The van der Waals surface area contributed by atoms with Crippen LogP contribution in [0.25, 0.3) is 16.9 Å². The van der Waals surface area contributed by atoms with Gasteiger partial charge in [-0.25, -0.2) is 9.97 Å². The summed E-state index contributed by atoms with van der Waals surface area (Å²) < 4.78 is 42.4. The van der Waals surface area contributed by atoms with Crippen molar-refractivity contribution >= 4 is 23.1 Å². The quantitative estimate of drug-likeness (QED) is 0.274. The van der Waals surface area contributed by atoms with Crippen LogP contribution in [0.2, 0.25) is 5.02 Å². The summed E-state index contributed by atoms with van der Waals surface area (Å²) in [6.45, 7) is 10.4. The van der Waals surface area contributed by atoms with Gasteiger partial charge in [0, 0.05) is 29.1 Å². The molecule has 1 N–H and O–H groups in total. The average Bonchev–Trinajstić information content (AvgIpc) is 3.15. The molecule has 0 radical (unpaired) electrons.